The minimum absolute atomic E-state index is 0.972. The van der Waals surface area contributed by atoms with Crippen molar-refractivity contribution in [3.8, 4) is 11.3 Å². The lowest BCUT2D eigenvalue weighted by Gasteiger charge is -2.08. The molecule has 5 heteroatoms. The SMILES string of the molecule is C1=CC(Nc2nc3c(s2)CCc2[nH]ncc2-3)=C1. The van der Waals surface area contributed by atoms with Gasteiger partial charge in [0.15, 0.2) is 5.13 Å². The number of anilines is 1. The standard InChI is InChI=1S/C12H10N4S/c1-2-7(3-1)14-12-15-11-8-6-13-16-9(8)4-5-10(11)17-12/h1-3,6H,4-5H2,(H,13,16)(H,14,15). The van der Waals surface area contributed by atoms with E-state index in [1.165, 1.54) is 10.6 Å². The number of allylic oxidation sites excluding steroid dienone is 3. The maximum Gasteiger partial charge on any atom is 0.187 e. The number of fused-ring (bicyclic) bond motifs is 3. The highest BCUT2D eigenvalue weighted by Crippen LogP contribution is 2.37. The highest BCUT2D eigenvalue weighted by atomic mass is 32.1. The number of aromatic amines is 1. The van der Waals surface area contributed by atoms with Crippen LogP contribution in [0.15, 0.2) is 30.1 Å². The molecule has 0 bridgehead atoms. The van der Waals surface area contributed by atoms with Crippen LogP contribution in [0.4, 0.5) is 5.13 Å². The van der Waals surface area contributed by atoms with Crippen molar-refractivity contribution in [1.29, 1.82) is 0 Å². The molecule has 2 aliphatic rings. The van der Waals surface area contributed by atoms with E-state index in [9.17, 15) is 0 Å². The third-order valence-electron chi connectivity index (χ3n) is 3.08. The molecule has 0 amide bonds. The molecule has 0 unspecified atom stereocenters. The summed E-state index contributed by atoms with van der Waals surface area (Å²) in [5, 5.41) is 11.4. The van der Waals surface area contributed by atoms with E-state index in [1.54, 1.807) is 11.3 Å². The number of aryl methyl sites for hydroxylation is 2. The summed E-state index contributed by atoms with van der Waals surface area (Å²) in [5.41, 5.74) is 4.59. The van der Waals surface area contributed by atoms with Crippen molar-refractivity contribution in [3.63, 3.8) is 0 Å². The first-order valence-corrected chi connectivity index (χ1v) is 6.39. The van der Waals surface area contributed by atoms with Gasteiger partial charge in [-0.25, -0.2) is 4.98 Å². The van der Waals surface area contributed by atoms with Gasteiger partial charge in [0.2, 0.25) is 0 Å². The monoisotopic (exact) mass is 242 g/mol. The Balaban J connectivity index is 1.74. The molecule has 0 fully saturated rings. The molecule has 0 aromatic carbocycles. The zero-order valence-electron chi connectivity index (χ0n) is 9.03. The Morgan fingerprint density at radius 3 is 3.12 bits per heavy atom. The lowest BCUT2D eigenvalue weighted by Crippen LogP contribution is -2.01. The van der Waals surface area contributed by atoms with Gasteiger partial charge in [0.25, 0.3) is 0 Å². The Morgan fingerprint density at radius 1 is 1.35 bits per heavy atom. The van der Waals surface area contributed by atoms with Gasteiger partial charge in [-0.2, -0.15) is 5.10 Å². The summed E-state index contributed by atoms with van der Waals surface area (Å²) in [5.74, 6) is 0. The van der Waals surface area contributed by atoms with Gasteiger partial charge in [-0.1, -0.05) is 6.08 Å². The number of aromatic nitrogens is 3. The van der Waals surface area contributed by atoms with E-state index >= 15 is 0 Å². The molecule has 4 nitrogen and oxygen atoms in total. The average Bonchev–Trinajstić information content (AvgIpc) is 2.88. The second-order valence-electron chi connectivity index (χ2n) is 4.16. The van der Waals surface area contributed by atoms with E-state index in [1.807, 2.05) is 24.4 Å². The van der Waals surface area contributed by atoms with Gasteiger partial charge in [0.05, 0.1) is 11.9 Å². The zero-order chi connectivity index (χ0) is 11.2. The van der Waals surface area contributed by atoms with Crippen LogP contribution < -0.4 is 5.32 Å². The lowest BCUT2D eigenvalue weighted by atomic mass is 10.0. The van der Waals surface area contributed by atoms with Crippen molar-refractivity contribution in [3.05, 3.63) is 40.7 Å². The molecule has 0 saturated heterocycles. The topological polar surface area (TPSA) is 53.6 Å². The number of hydrogen-bond donors (Lipinski definition) is 2. The third-order valence-corrected chi connectivity index (χ3v) is 4.11. The van der Waals surface area contributed by atoms with Gasteiger partial charge in [-0.05, 0) is 25.0 Å². The van der Waals surface area contributed by atoms with Crippen molar-refractivity contribution in [2.45, 2.75) is 12.8 Å². The first kappa shape index (κ1) is 9.18. The lowest BCUT2D eigenvalue weighted by molar-refractivity contribution is 0.891. The molecule has 2 aromatic rings. The molecule has 17 heavy (non-hydrogen) atoms. The normalized spacial score (nSPS) is 15.9. The van der Waals surface area contributed by atoms with Crippen molar-refractivity contribution in [2.75, 3.05) is 5.32 Å². The summed E-state index contributed by atoms with van der Waals surface area (Å²) < 4.78 is 0. The Kier molecular flexibility index (Phi) is 1.78. The molecule has 0 aliphatic heterocycles. The summed E-state index contributed by atoms with van der Waals surface area (Å²) in [4.78, 5) is 6.01. The van der Waals surface area contributed by atoms with E-state index in [0.29, 0.717) is 0 Å². The molecule has 0 saturated carbocycles. The van der Waals surface area contributed by atoms with Crippen molar-refractivity contribution in [1.82, 2.24) is 15.2 Å². The molecule has 4 rings (SSSR count). The Morgan fingerprint density at radius 2 is 2.29 bits per heavy atom. The quantitative estimate of drug-likeness (QED) is 0.850. The summed E-state index contributed by atoms with van der Waals surface area (Å²) in [6.07, 6.45) is 10.1. The Hall–Kier alpha value is -1.88. The summed E-state index contributed by atoms with van der Waals surface area (Å²) >= 11 is 1.74. The molecule has 2 N–H and O–H groups in total. The number of nitrogens with one attached hydrogen (secondary N) is 2. The van der Waals surface area contributed by atoms with E-state index in [2.05, 4.69) is 20.5 Å². The molecular weight excluding hydrogens is 232 g/mol. The summed E-state index contributed by atoms with van der Waals surface area (Å²) in [7, 11) is 0. The molecule has 0 radical (unpaired) electrons. The van der Waals surface area contributed by atoms with Crippen LogP contribution in [0.2, 0.25) is 0 Å². The van der Waals surface area contributed by atoms with Crippen molar-refractivity contribution >= 4 is 16.5 Å². The molecule has 2 aliphatic carbocycles. The molecule has 2 aromatic heterocycles. The number of thiazole rings is 1. The van der Waals surface area contributed by atoms with Crippen LogP contribution in [0, 0.1) is 0 Å². The summed E-state index contributed by atoms with van der Waals surface area (Å²) in [6, 6.07) is 0. The first-order valence-electron chi connectivity index (χ1n) is 5.58. The Labute approximate surface area is 102 Å². The molecule has 0 atom stereocenters. The highest BCUT2D eigenvalue weighted by molar-refractivity contribution is 7.16. The second kappa shape index (κ2) is 3.30. The van der Waals surface area contributed by atoms with Gasteiger partial charge in [0.1, 0.15) is 0 Å². The highest BCUT2D eigenvalue weighted by Gasteiger charge is 2.22. The van der Waals surface area contributed by atoms with Gasteiger partial charge in [-0.3, -0.25) is 5.10 Å². The number of nitrogens with zero attached hydrogens (tertiary/aromatic N) is 2. The summed E-state index contributed by atoms with van der Waals surface area (Å²) in [6.45, 7) is 0. The smallest absolute Gasteiger partial charge is 0.187 e. The fraction of sp³-hybridized carbons (Fsp3) is 0.167. The second-order valence-corrected chi connectivity index (χ2v) is 5.24. The van der Waals surface area contributed by atoms with E-state index < -0.39 is 0 Å². The van der Waals surface area contributed by atoms with Gasteiger partial charge < -0.3 is 5.32 Å². The number of H-pyrrole nitrogens is 1. The van der Waals surface area contributed by atoms with Crippen molar-refractivity contribution < 1.29 is 0 Å². The van der Waals surface area contributed by atoms with Crippen LogP contribution in [-0.2, 0) is 12.8 Å². The minimum Gasteiger partial charge on any atom is -0.332 e. The van der Waals surface area contributed by atoms with Crippen molar-refractivity contribution in [2.24, 2.45) is 0 Å². The van der Waals surface area contributed by atoms with E-state index in [-0.39, 0.29) is 0 Å². The van der Waals surface area contributed by atoms with Crippen LogP contribution in [-0.4, -0.2) is 15.2 Å². The van der Waals surface area contributed by atoms with Gasteiger partial charge >= 0.3 is 0 Å². The number of rotatable bonds is 2. The van der Waals surface area contributed by atoms with Crippen LogP contribution in [0.25, 0.3) is 11.3 Å². The third kappa shape index (κ3) is 1.36. The fourth-order valence-electron chi connectivity index (χ4n) is 2.13. The minimum atomic E-state index is 0.972. The molecule has 0 spiro atoms. The maximum absolute atomic E-state index is 4.66. The van der Waals surface area contributed by atoms with Gasteiger partial charge in [-0.15, -0.1) is 11.3 Å². The van der Waals surface area contributed by atoms with Gasteiger partial charge in [0, 0.05) is 21.8 Å². The first-order chi connectivity index (χ1) is 8.40. The van der Waals surface area contributed by atoms with Crippen LogP contribution >= 0.6 is 11.3 Å². The van der Waals surface area contributed by atoms with Crippen LogP contribution in [0.3, 0.4) is 0 Å². The number of hydrogen-bond acceptors (Lipinski definition) is 4. The largest absolute Gasteiger partial charge is 0.332 e. The van der Waals surface area contributed by atoms with E-state index in [0.717, 1.165) is 34.9 Å². The van der Waals surface area contributed by atoms with Crippen LogP contribution in [0.5, 0.6) is 0 Å². The Bertz CT molecular complexity index is 647. The molecule has 2 heterocycles. The fourth-order valence-corrected chi connectivity index (χ4v) is 3.13. The molecule has 84 valence electrons. The maximum atomic E-state index is 4.66. The zero-order valence-corrected chi connectivity index (χ0v) is 9.84. The predicted octanol–water partition coefficient (Wildman–Crippen LogP) is 2.50. The predicted molar refractivity (Wildman–Crippen MR) is 67.9 cm³/mol. The average molecular weight is 242 g/mol. The van der Waals surface area contributed by atoms with Crippen LogP contribution in [0.1, 0.15) is 10.6 Å². The molecular formula is C12H10N4S. The van der Waals surface area contributed by atoms with E-state index in [4.69, 9.17) is 0 Å².